The molecule has 0 radical (unpaired) electrons. The van der Waals surface area contributed by atoms with Crippen LogP contribution in [0.15, 0.2) is 12.1 Å². The van der Waals surface area contributed by atoms with Crippen LogP contribution in [0.5, 0.6) is 0 Å². The minimum absolute atomic E-state index is 0.0233. The minimum Gasteiger partial charge on any atom is -0.462 e. The number of hydrogen-bond acceptors (Lipinski definition) is 2. The molecule has 0 aromatic heterocycles. The first-order chi connectivity index (χ1) is 8.98. The molecule has 0 heterocycles. The Morgan fingerprint density at radius 1 is 1.15 bits per heavy atom. The minimum atomic E-state index is -5.00. The maximum Gasteiger partial charge on any atom is 0.417 e. The van der Waals surface area contributed by atoms with Crippen LogP contribution in [0.3, 0.4) is 0 Å². The van der Waals surface area contributed by atoms with Crippen LogP contribution in [0, 0.1) is 3.57 Å². The zero-order valence-electron chi connectivity index (χ0n) is 9.82. The third kappa shape index (κ3) is 3.76. The average Bonchev–Trinajstić information content (AvgIpc) is 2.26. The third-order valence-corrected chi connectivity index (χ3v) is 3.36. The molecule has 20 heavy (non-hydrogen) atoms. The highest BCUT2D eigenvalue weighted by Crippen LogP contribution is 2.39. The van der Waals surface area contributed by atoms with E-state index in [-0.39, 0.29) is 12.7 Å². The summed E-state index contributed by atoms with van der Waals surface area (Å²) in [4.78, 5) is 11.5. The Bertz CT molecular complexity index is 521. The number of hydrogen-bond donors (Lipinski definition) is 0. The van der Waals surface area contributed by atoms with Gasteiger partial charge in [-0.1, -0.05) is 0 Å². The van der Waals surface area contributed by atoms with E-state index < -0.39 is 38.6 Å². The number of halogens is 7. The second-order valence-corrected chi connectivity index (χ2v) is 4.68. The van der Waals surface area contributed by atoms with Gasteiger partial charge in [-0.05, 0) is 41.6 Å². The maximum absolute atomic E-state index is 12.7. The third-order valence-electron chi connectivity index (χ3n) is 2.20. The second-order valence-electron chi connectivity index (χ2n) is 3.60. The van der Waals surface area contributed by atoms with Crippen molar-refractivity contribution in [3.8, 4) is 0 Å². The van der Waals surface area contributed by atoms with E-state index in [1.165, 1.54) is 29.5 Å². The summed E-state index contributed by atoms with van der Waals surface area (Å²) >= 11 is 1.18. The predicted octanol–water partition coefficient (Wildman–Crippen LogP) is 4.51. The van der Waals surface area contributed by atoms with Crippen LogP contribution in [0.25, 0.3) is 0 Å². The number of carbonyl (C=O) groups is 1. The average molecular weight is 412 g/mol. The molecule has 1 aromatic rings. The van der Waals surface area contributed by atoms with E-state index in [1.54, 1.807) is 0 Å². The van der Waals surface area contributed by atoms with Gasteiger partial charge in [0.15, 0.2) is 0 Å². The van der Waals surface area contributed by atoms with Gasteiger partial charge in [0.1, 0.15) is 0 Å². The van der Waals surface area contributed by atoms with Gasteiger partial charge >= 0.3 is 18.3 Å². The lowest BCUT2D eigenvalue weighted by atomic mass is 10.0. The van der Waals surface area contributed by atoms with Gasteiger partial charge in [0, 0.05) is 3.57 Å². The van der Waals surface area contributed by atoms with Crippen molar-refractivity contribution in [2.45, 2.75) is 19.3 Å². The van der Waals surface area contributed by atoms with Crippen LogP contribution in [-0.4, -0.2) is 12.6 Å². The topological polar surface area (TPSA) is 26.3 Å². The fourth-order valence-corrected chi connectivity index (χ4v) is 2.19. The van der Waals surface area contributed by atoms with Crippen LogP contribution in [-0.2, 0) is 17.1 Å². The zero-order chi connectivity index (χ0) is 15.7. The fourth-order valence-electron chi connectivity index (χ4n) is 1.35. The summed E-state index contributed by atoms with van der Waals surface area (Å²) in [7, 11) is 0. The lowest BCUT2D eigenvalue weighted by Crippen LogP contribution is -2.17. The largest absolute Gasteiger partial charge is 0.462 e. The molecule has 0 saturated heterocycles. The normalized spacial score (nSPS) is 12.4. The number of rotatable bonds is 2. The van der Waals surface area contributed by atoms with Crippen LogP contribution >= 0.6 is 22.6 Å². The predicted molar refractivity (Wildman–Crippen MR) is 65.1 cm³/mol. The second kappa shape index (κ2) is 5.78. The summed E-state index contributed by atoms with van der Waals surface area (Å²) in [6, 6.07) is 0.333. The number of esters is 1. The summed E-state index contributed by atoms with van der Waals surface area (Å²) < 4.78 is 79.8. The molecule has 2 nitrogen and oxygen atoms in total. The lowest BCUT2D eigenvalue weighted by Gasteiger charge is -2.16. The highest BCUT2D eigenvalue weighted by Gasteiger charge is 2.40. The Morgan fingerprint density at radius 2 is 1.70 bits per heavy atom. The van der Waals surface area contributed by atoms with E-state index in [9.17, 15) is 31.1 Å². The summed E-state index contributed by atoms with van der Waals surface area (Å²) in [6.45, 7) is 1.23. The van der Waals surface area contributed by atoms with Crippen molar-refractivity contribution in [2.24, 2.45) is 0 Å². The molecule has 0 amide bonds. The van der Waals surface area contributed by atoms with Gasteiger partial charge in [0.05, 0.1) is 23.3 Å². The van der Waals surface area contributed by atoms with Crippen LogP contribution in [0.2, 0.25) is 0 Å². The first-order valence-corrected chi connectivity index (χ1v) is 6.21. The van der Waals surface area contributed by atoms with Crippen molar-refractivity contribution < 1.29 is 35.9 Å². The van der Waals surface area contributed by atoms with E-state index in [1.807, 2.05) is 0 Å². The molecular formula is C11H7F6IO2. The SMILES string of the molecule is CCOC(=O)c1cc(C(F)(F)F)cc(C(F)(F)F)c1I. The van der Waals surface area contributed by atoms with E-state index in [4.69, 9.17) is 0 Å². The molecule has 112 valence electrons. The molecule has 0 bridgehead atoms. The number of ether oxygens (including phenoxy) is 1. The van der Waals surface area contributed by atoms with Crippen LogP contribution in [0.4, 0.5) is 26.3 Å². The summed E-state index contributed by atoms with van der Waals surface area (Å²) in [5.74, 6) is -1.23. The first-order valence-electron chi connectivity index (χ1n) is 5.13. The Morgan fingerprint density at radius 3 is 2.10 bits per heavy atom. The maximum atomic E-state index is 12.7. The molecule has 0 spiro atoms. The summed E-state index contributed by atoms with van der Waals surface area (Å²) in [5, 5.41) is 0. The first kappa shape index (κ1) is 17.1. The zero-order valence-corrected chi connectivity index (χ0v) is 12.0. The van der Waals surface area contributed by atoms with Crippen molar-refractivity contribution in [3.05, 3.63) is 32.4 Å². The van der Waals surface area contributed by atoms with Crippen molar-refractivity contribution >= 4 is 28.6 Å². The molecule has 0 saturated carbocycles. The van der Waals surface area contributed by atoms with Crippen molar-refractivity contribution in [1.29, 1.82) is 0 Å². The van der Waals surface area contributed by atoms with E-state index in [2.05, 4.69) is 4.74 Å². The lowest BCUT2D eigenvalue weighted by molar-refractivity contribution is -0.143. The molecule has 0 atom stereocenters. The van der Waals surface area contributed by atoms with Gasteiger partial charge in [-0.2, -0.15) is 26.3 Å². The van der Waals surface area contributed by atoms with Crippen molar-refractivity contribution in [1.82, 2.24) is 0 Å². The van der Waals surface area contributed by atoms with Gasteiger partial charge in [0.25, 0.3) is 0 Å². The van der Waals surface area contributed by atoms with E-state index >= 15 is 0 Å². The Balaban J connectivity index is 3.55. The molecule has 0 unspecified atom stereocenters. The van der Waals surface area contributed by atoms with Crippen LogP contribution < -0.4 is 0 Å². The van der Waals surface area contributed by atoms with Gasteiger partial charge in [-0.25, -0.2) is 4.79 Å². The quantitative estimate of drug-likeness (QED) is 0.406. The smallest absolute Gasteiger partial charge is 0.417 e. The summed E-state index contributed by atoms with van der Waals surface area (Å²) in [5.41, 5.74) is -3.82. The Labute approximate surface area is 123 Å². The molecule has 0 aliphatic heterocycles. The molecule has 1 rings (SSSR count). The highest BCUT2D eigenvalue weighted by molar-refractivity contribution is 14.1. The number of alkyl halides is 6. The van der Waals surface area contributed by atoms with Gasteiger partial charge in [0.2, 0.25) is 0 Å². The Kier molecular flexibility index (Phi) is 4.93. The molecular weight excluding hydrogens is 405 g/mol. The van der Waals surface area contributed by atoms with Gasteiger partial charge < -0.3 is 4.74 Å². The molecule has 0 aliphatic rings. The van der Waals surface area contributed by atoms with Crippen LogP contribution in [0.1, 0.15) is 28.4 Å². The number of benzene rings is 1. The standard InChI is InChI=1S/C11H7F6IO2/c1-2-20-9(19)6-3-5(10(12,13)14)4-7(8(6)18)11(15,16)17/h3-4H,2H2,1H3. The summed E-state index contributed by atoms with van der Waals surface area (Å²) in [6.07, 6.45) is -10.00. The van der Waals surface area contributed by atoms with E-state index in [0.717, 1.165) is 0 Å². The molecule has 9 heteroatoms. The molecule has 0 N–H and O–H groups in total. The fraction of sp³-hybridized carbons (Fsp3) is 0.364. The number of carbonyl (C=O) groups excluding carboxylic acids is 1. The molecule has 0 fully saturated rings. The van der Waals surface area contributed by atoms with Crippen molar-refractivity contribution in [3.63, 3.8) is 0 Å². The molecule has 1 aromatic carbocycles. The Hall–Kier alpha value is -1.00. The van der Waals surface area contributed by atoms with Gasteiger partial charge in [-0.3, -0.25) is 0 Å². The van der Waals surface area contributed by atoms with Gasteiger partial charge in [-0.15, -0.1) is 0 Å². The molecule has 0 aliphatic carbocycles. The highest BCUT2D eigenvalue weighted by atomic mass is 127. The van der Waals surface area contributed by atoms with Crippen molar-refractivity contribution in [2.75, 3.05) is 6.61 Å². The van der Waals surface area contributed by atoms with E-state index in [0.29, 0.717) is 6.07 Å². The monoisotopic (exact) mass is 412 g/mol.